The maximum absolute atomic E-state index is 12.3. The van der Waals surface area contributed by atoms with E-state index >= 15 is 0 Å². The van der Waals surface area contributed by atoms with Crippen LogP contribution in [0.3, 0.4) is 0 Å². The van der Waals surface area contributed by atoms with Gasteiger partial charge in [-0.15, -0.1) is 0 Å². The van der Waals surface area contributed by atoms with Gasteiger partial charge in [-0.2, -0.15) is 0 Å². The Balaban J connectivity index is 0.839. The molecule has 50 nitrogen and oxygen atoms in total. The van der Waals surface area contributed by atoms with Crippen molar-refractivity contribution >= 4 is 0 Å². The van der Waals surface area contributed by atoms with Crippen molar-refractivity contribution < 1.29 is 247 Å². The molecule has 50 atom stereocenters. The van der Waals surface area contributed by atoms with Gasteiger partial charge in [-0.05, 0) is 20.3 Å². The van der Waals surface area contributed by atoms with Crippen LogP contribution >= 0.6 is 0 Å². The molecule has 0 amide bonds. The molecular weight excluding hydrogens is 1620 g/mol. The minimum absolute atomic E-state index is 0.138. The molecule has 0 aliphatic carbocycles. The molecule has 0 spiro atoms. The highest BCUT2D eigenvalue weighted by Crippen LogP contribution is 2.41. The predicted octanol–water partition coefficient (Wildman–Crippen LogP) is -17.9. The van der Waals surface area contributed by atoms with Gasteiger partial charge in [-0.1, -0.05) is 6.92 Å². The lowest BCUT2D eigenvalue weighted by Gasteiger charge is -2.51. The molecule has 10 saturated heterocycles. The monoisotopic (exact) mass is 1730 g/mol. The molecule has 118 heavy (non-hydrogen) atoms. The molecule has 690 valence electrons. The largest absolute Gasteiger partial charge is 0.388 e. The van der Waals surface area contributed by atoms with Gasteiger partial charge in [0, 0.05) is 28.4 Å². The van der Waals surface area contributed by atoms with Crippen LogP contribution < -0.4 is 0 Å². The summed E-state index contributed by atoms with van der Waals surface area (Å²) in [5, 5.41) is 302. The Labute approximate surface area is 672 Å². The minimum Gasteiger partial charge on any atom is -0.388 e. The second-order valence-corrected chi connectivity index (χ2v) is 31.3. The molecular formula is C68H118O50. The van der Waals surface area contributed by atoms with E-state index in [0.29, 0.717) is 0 Å². The summed E-state index contributed by atoms with van der Waals surface area (Å²) in [6.07, 6.45) is -92.1. The Morgan fingerprint density at radius 1 is 0.212 bits per heavy atom. The smallest absolute Gasteiger partial charge is 0.187 e. The molecule has 0 aromatic rings. The number of methoxy groups -OCH3 is 4. The first-order chi connectivity index (χ1) is 55.7. The zero-order valence-electron chi connectivity index (χ0n) is 65.0. The highest BCUT2D eigenvalue weighted by Gasteiger charge is 2.61. The number of ether oxygens (including phenoxy) is 23. The summed E-state index contributed by atoms with van der Waals surface area (Å²) in [6.45, 7) is -3.03. The summed E-state index contributed by atoms with van der Waals surface area (Å²) in [4.78, 5) is 0. The second kappa shape index (κ2) is 42.3. The standard InChI is InChI=1S/C68H118O50/c1-8-19-28(69)36(77)32(73)23(106-19)12-104-66-55(116-65-49(90)41(82)31(72)22(111-65)11-98-6)42(83)35(76)26(112-66)14-100-58-45(86)37(78)34(75)25(107-58)15-102-62-52(93)54(115-64-48(89)40(81)30(71)21(110-64)10-97-5)57(95)68(3,118-62)18-105-60-46(87)38(79)33(74)24(108-60)13-101-59-50(91)43(84)53(114-63-47(88)39(80)29(70)20(109-63)9-96-4)27(113-59)16-103-61-51(92)44(85)56(94)67(2,117-61)17-99-7/h19-66,69-95H,8-18H2,1-7H3. The normalized spacial score (nSPS) is 52.5. The lowest BCUT2D eigenvalue weighted by Crippen LogP contribution is -2.69. The summed E-state index contributed by atoms with van der Waals surface area (Å²) < 4.78 is 132. The van der Waals surface area contributed by atoms with Crippen molar-refractivity contribution in [1.29, 1.82) is 0 Å². The molecule has 10 aliphatic heterocycles. The van der Waals surface area contributed by atoms with E-state index in [9.17, 15) is 138 Å². The summed E-state index contributed by atoms with van der Waals surface area (Å²) in [5.41, 5.74) is -4.12. The summed E-state index contributed by atoms with van der Waals surface area (Å²) in [7, 11) is 4.92. The van der Waals surface area contributed by atoms with Gasteiger partial charge in [0.1, 0.15) is 243 Å². The maximum atomic E-state index is 12.3. The van der Waals surface area contributed by atoms with Gasteiger partial charge in [0.15, 0.2) is 56.6 Å². The number of hydrogen-bond donors (Lipinski definition) is 27. The predicted molar refractivity (Wildman–Crippen MR) is 366 cm³/mol. The van der Waals surface area contributed by atoms with Crippen molar-refractivity contribution in [2.75, 3.05) is 94.5 Å². The van der Waals surface area contributed by atoms with Crippen molar-refractivity contribution in [3.8, 4) is 0 Å². The van der Waals surface area contributed by atoms with Gasteiger partial charge in [0.2, 0.25) is 0 Å². The van der Waals surface area contributed by atoms with Crippen molar-refractivity contribution in [2.45, 2.75) is 333 Å². The number of hydrogen-bond acceptors (Lipinski definition) is 50. The van der Waals surface area contributed by atoms with Crippen LogP contribution in [0.25, 0.3) is 0 Å². The Morgan fingerprint density at radius 3 is 0.898 bits per heavy atom. The van der Waals surface area contributed by atoms with E-state index in [4.69, 9.17) is 109 Å². The number of aliphatic hydroxyl groups is 27. The first kappa shape index (κ1) is 98.2. The van der Waals surface area contributed by atoms with Gasteiger partial charge in [-0.25, -0.2) is 0 Å². The molecule has 10 fully saturated rings. The van der Waals surface area contributed by atoms with Gasteiger partial charge >= 0.3 is 0 Å². The molecule has 0 radical (unpaired) electrons. The molecule has 0 bridgehead atoms. The van der Waals surface area contributed by atoms with E-state index in [-0.39, 0.29) is 26.2 Å². The van der Waals surface area contributed by atoms with E-state index in [1.807, 2.05) is 0 Å². The fraction of sp³-hybridized carbons (Fsp3) is 1.00. The molecule has 0 aromatic carbocycles. The fourth-order valence-electron chi connectivity index (χ4n) is 15.4. The van der Waals surface area contributed by atoms with Crippen molar-refractivity contribution in [2.24, 2.45) is 0 Å². The maximum Gasteiger partial charge on any atom is 0.187 e. The molecule has 0 aromatic heterocycles. The van der Waals surface area contributed by atoms with Crippen LogP contribution in [0.5, 0.6) is 0 Å². The molecule has 10 aliphatic rings. The van der Waals surface area contributed by atoms with E-state index in [0.717, 1.165) is 6.92 Å². The van der Waals surface area contributed by atoms with Crippen LogP contribution in [0.4, 0.5) is 0 Å². The highest BCUT2D eigenvalue weighted by atomic mass is 16.8. The lowest BCUT2D eigenvalue weighted by molar-refractivity contribution is -0.390. The van der Waals surface area contributed by atoms with Crippen LogP contribution in [0, 0.1) is 0 Å². The third-order valence-electron chi connectivity index (χ3n) is 22.7. The third-order valence-corrected chi connectivity index (χ3v) is 22.7. The van der Waals surface area contributed by atoms with Crippen LogP contribution in [0.1, 0.15) is 27.2 Å². The molecule has 50 unspecified atom stereocenters. The van der Waals surface area contributed by atoms with Crippen LogP contribution in [-0.4, -0.2) is 538 Å². The first-order valence-corrected chi connectivity index (χ1v) is 38.3. The Kier molecular flexibility index (Phi) is 35.2. The zero-order valence-corrected chi connectivity index (χ0v) is 65.0. The fourth-order valence-corrected chi connectivity index (χ4v) is 15.4. The Bertz CT molecular complexity index is 2990. The summed E-state index contributed by atoms with van der Waals surface area (Å²) in [6, 6.07) is 0. The first-order valence-electron chi connectivity index (χ1n) is 38.3. The number of rotatable bonds is 33. The molecule has 27 N–H and O–H groups in total. The Hall–Kier alpha value is -2.00. The summed E-state index contributed by atoms with van der Waals surface area (Å²) in [5.74, 6) is 0. The SMILES string of the molecule is CCC1OC(COC2OC(COC3OC(COC4OC(C)(COC5OC(COC6OC(COC7OC(C)(COC)C(O)C(O)C7O)C(OC7OC(COC)C(O)C(O)C7O)C(O)C6O)C(O)C(O)C5O)C(O)C(OC5OC(COC)C(O)C(O)C5O)C4O)C(O)C(O)C3O)C(O)C(O)C2OC2OC(COC)C(O)C(O)C2O)C(O)C(O)C1O. The van der Waals surface area contributed by atoms with E-state index < -0.39 is 352 Å². The quantitative estimate of drug-likeness (QED) is 0.0290. The lowest BCUT2D eigenvalue weighted by atomic mass is 9.88. The topological polar surface area (TPSA) is 759 Å². The van der Waals surface area contributed by atoms with E-state index in [1.165, 1.54) is 35.4 Å². The van der Waals surface area contributed by atoms with E-state index in [1.54, 1.807) is 6.92 Å². The van der Waals surface area contributed by atoms with Crippen molar-refractivity contribution in [1.82, 2.24) is 0 Å². The molecule has 10 heterocycles. The van der Waals surface area contributed by atoms with Gasteiger partial charge in [0.25, 0.3) is 0 Å². The highest BCUT2D eigenvalue weighted by molar-refractivity contribution is 5.04. The van der Waals surface area contributed by atoms with E-state index in [2.05, 4.69) is 0 Å². The van der Waals surface area contributed by atoms with Crippen LogP contribution in [0.15, 0.2) is 0 Å². The molecule has 50 heteroatoms. The number of aliphatic hydroxyl groups excluding tert-OH is 27. The average molecular weight is 1740 g/mol. The van der Waals surface area contributed by atoms with Gasteiger partial charge in [0.05, 0.1) is 72.2 Å². The van der Waals surface area contributed by atoms with Gasteiger partial charge in [-0.3, -0.25) is 0 Å². The van der Waals surface area contributed by atoms with Crippen LogP contribution in [0.2, 0.25) is 0 Å². The third kappa shape index (κ3) is 21.2. The second-order valence-electron chi connectivity index (χ2n) is 31.3. The van der Waals surface area contributed by atoms with Crippen LogP contribution in [-0.2, 0) is 109 Å². The zero-order chi connectivity index (χ0) is 86.8. The average Bonchev–Trinajstić information content (AvgIpc) is 0.767. The molecule has 10 rings (SSSR count). The Morgan fingerprint density at radius 2 is 0.483 bits per heavy atom. The van der Waals surface area contributed by atoms with Gasteiger partial charge < -0.3 is 247 Å². The van der Waals surface area contributed by atoms with Crippen molar-refractivity contribution in [3.63, 3.8) is 0 Å². The minimum atomic E-state index is -2.39. The van der Waals surface area contributed by atoms with Crippen molar-refractivity contribution in [3.05, 3.63) is 0 Å². The summed E-state index contributed by atoms with van der Waals surface area (Å²) >= 11 is 0. The molecule has 0 saturated carbocycles.